The maximum absolute atomic E-state index is 13.0. The SMILES string of the molecule is CC(C)Nc1sc(C(=O)c2ccc(Cl)cc2)c(N)c1C(=O)NCC[NH+]1CCOCC1. The van der Waals surface area contributed by atoms with Gasteiger partial charge in [-0.2, -0.15) is 0 Å². The summed E-state index contributed by atoms with van der Waals surface area (Å²) in [7, 11) is 0. The number of ketones is 1. The lowest BCUT2D eigenvalue weighted by Crippen LogP contribution is -3.14. The van der Waals surface area contributed by atoms with Crippen molar-refractivity contribution in [2.75, 3.05) is 50.4 Å². The molecule has 0 atom stereocenters. The highest BCUT2D eigenvalue weighted by Crippen LogP contribution is 2.37. The number of nitrogens with two attached hydrogens (primary N) is 1. The Kier molecular flexibility index (Phi) is 7.71. The molecule has 0 aliphatic carbocycles. The fraction of sp³-hybridized carbons (Fsp3) is 0.429. The number of halogens is 1. The van der Waals surface area contributed by atoms with Crippen molar-refractivity contribution in [1.82, 2.24) is 5.32 Å². The number of ether oxygens (including phenoxy) is 1. The van der Waals surface area contributed by atoms with Crippen molar-refractivity contribution in [3.8, 4) is 0 Å². The number of carbonyl (C=O) groups excluding carboxylic acids is 2. The van der Waals surface area contributed by atoms with Crippen LogP contribution in [0.15, 0.2) is 24.3 Å². The van der Waals surface area contributed by atoms with Gasteiger partial charge in [0.15, 0.2) is 0 Å². The van der Waals surface area contributed by atoms with E-state index in [0.29, 0.717) is 32.6 Å². The van der Waals surface area contributed by atoms with Gasteiger partial charge in [0.1, 0.15) is 23.0 Å². The molecule has 30 heavy (non-hydrogen) atoms. The first-order valence-electron chi connectivity index (χ1n) is 10.1. The van der Waals surface area contributed by atoms with Crippen molar-refractivity contribution in [3.05, 3.63) is 45.3 Å². The number of hydrogen-bond acceptors (Lipinski definition) is 6. The predicted molar refractivity (Wildman–Crippen MR) is 121 cm³/mol. The Balaban J connectivity index is 1.78. The summed E-state index contributed by atoms with van der Waals surface area (Å²) in [6.45, 7) is 8.68. The predicted octanol–water partition coefficient (Wildman–Crippen LogP) is 1.68. The summed E-state index contributed by atoms with van der Waals surface area (Å²) in [6, 6.07) is 6.72. The van der Waals surface area contributed by atoms with E-state index in [1.165, 1.54) is 16.2 Å². The van der Waals surface area contributed by atoms with Gasteiger partial charge < -0.3 is 26.0 Å². The van der Waals surface area contributed by atoms with E-state index < -0.39 is 0 Å². The highest BCUT2D eigenvalue weighted by atomic mass is 35.5. The maximum atomic E-state index is 13.0. The number of morpholine rings is 1. The molecule has 1 fully saturated rings. The highest BCUT2D eigenvalue weighted by molar-refractivity contribution is 7.19. The van der Waals surface area contributed by atoms with Crippen molar-refractivity contribution < 1.29 is 19.2 Å². The van der Waals surface area contributed by atoms with E-state index in [-0.39, 0.29) is 23.4 Å². The van der Waals surface area contributed by atoms with E-state index in [1.807, 2.05) is 13.8 Å². The van der Waals surface area contributed by atoms with Gasteiger partial charge in [0, 0.05) is 16.6 Å². The van der Waals surface area contributed by atoms with E-state index in [0.717, 1.165) is 32.8 Å². The number of benzene rings is 1. The fourth-order valence-electron chi connectivity index (χ4n) is 3.29. The zero-order valence-corrected chi connectivity index (χ0v) is 18.8. The Labute approximate surface area is 185 Å². The van der Waals surface area contributed by atoms with Gasteiger partial charge in [-0.15, -0.1) is 11.3 Å². The number of rotatable bonds is 8. The van der Waals surface area contributed by atoms with Gasteiger partial charge in [0.2, 0.25) is 5.78 Å². The lowest BCUT2D eigenvalue weighted by Gasteiger charge is -2.23. The third kappa shape index (κ3) is 5.51. The van der Waals surface area contributed by atoms with Crippen LogP contribution >= 0.6 is 22.9 Å². The van der Waals surface area contributed by atoms with E-state index in [4.69, 9.17) is 22.1 Å². The zero-order valence-electron chi connectivity index (χ0n) is 17.2. The normalized spacial score (nSPS) is 14.7. The lowest BCUT2D eigenvalue weighted by atomic mass is 10.1. The summed E-state index contributed by atoms with van der Waals surface area (Å²) in [5, 5.41) is 7.37. The number of hydrogen-bond donors (Lipinski definition) is 4. The van der Waals surface area contributed by atoms with Crippen molar-refractivity contribution in [2.24, 2.45) is 0 Å². The molecule has 5 N–H and O–H groups in total. The van der Waals surface area contributed by atoms with Gasteiger partial charge in [0.25, 0.3) is 5.91 Å². The molecule has 3 rings (SSSR count). The topological polar surface area (TPSA) is 97.9 Å². The number of nitrogen functional groups attached to an aromatic ring is 1. The monoisotopic (exact) mass is 451 g/mol. The third-order valence-corrected chi connectivity index (χ3v) is 6.26. The van der Waals surface area contributed by atoms with Crippen molar-refractivity contribution in [2.45, 2.75) is 19.9 Å². The minimum absolute atomic E-state index is 0.0888. The van der Waals surface area contributed by atoms with Gasteiger partial charge >= 0.3 is 0 Å². The number of thiophene rings is 1. The number of quaternary nitrogens is 1. The van der Waals surface area contributed by atoms with Crippen LogP contribution in [0.4, 0.5) is 10.7 Å². The molecule has 1 aliphatic rings. The van der Waals surface area contributed by atoms with Crippen LogP contribution in [-0.2, 0) is 4.74 Å². The average molecular weight is 452 g/mol. The van der Waals surface area contributed by atoms with Crippen LogP contribution in [0.1, 0.15) is 39.4 Å². The van der Waals surface area contributed by atoms with E-state index in [1.54, 1.807) is 24.3 Å². The smallest absolute Gasteiger partial charge is 0.256 e. The van der Waals surface area contributed by atoms with Crippen LogP contribution < -0.4 is 21.3 Å². The Morgan fingerprint density at radius 2 is 1.90 bits per heavy atom. The van der Waals surface area contributed by atoms with Gasteiger partial charge in [0.05, 0.1) is 37.6 Å². The summed E-state index contributed by atoms with van der Waals surface area (Å²) in [6.07, 6.45) is 0. The molecule has 162 valence electrons. The Hall–Kier alpha value is -2.13. The molecule has 1 aliphatic heterocycles. The van der Waals surface area contributed by atoms with Crippen LogP contribution in [0.25, 0.3) is 0 Å². The molecule has 0 bridgehead atoms. The van der Waals surface area contributed by atoms with Crippen LogP contribution in [0.5, 0.6) is 0 Å². The zero-order chi connectivity index (χ0) is 21.7. The van der Waals surface area contributed by atoms with Crippen LogP contribution in [0.2, 0.25) is 5.02 Å². The molecule has 0 spiro atoms. The van der Waals surface area contributed by atoms with E-state index >= 15 is 0 Å². The van der Waals surface area contributed by atoms with Crippen molar-refractivity contribution in [3.63, 3.8) is 0 Å². The highest BCUT2D eigenvalue weighted by Gasteiger charge is 2.27. The van der Waals surface area contributed by atoms with Crippen molar-refractivity contribution in [1.29, 1.82) is 0 Å². The largest absolute Gasteiger partial charge is 0.397 e. The summed E-state index contributed by atoms with van der Waals surface area (Å²) in [5.74, 6) is -0.493. The third-order valence-electron chi connectivity index (χ3n) is 4.87. The second-order valence-corrected chi connectivity index (χ2v) is 9.01. The first-order chi connectivity index (χ1) is 14.4. The van der Waals surface area contributed by atoms with E-state index in [9.17, 15) is 9.59 Å². The van der Waals surface area contributed by atoms with E-state index in [2.05, 4.69) is 10.6 Å². The molecule has 2 aromatic rings. The number of amides is 1. The van der Waals surface area contributed by atoms with Gasteiger partial charge in [-0.25, -0.2) is 0 Å². The Morgan fingerprint density at radius 1 is 1.23 bits per heavy atom. The maximum Gasteiger partial charge on any atom is 0.256 e. The molecule has 0 radical (unpaired) electrons. The summed E-state index contributed by atoms with van der Waals surface area (Å²) in [5.41, 5.74) is 7.33. The Morgan fingerprint density at radius 3 is 2.53 bits per heavy atom. The standard InChI is InChI=1S/C21H27ClN4O3S/c1-13(2)25-21-16(20(28)24-7-8-26-9-11-29-12-10-26)17(23)19(30-21)18(27)14-3-5-15(22)6-4-14/h3-6,13,25H,7-12,23H2,1-2H3,(H,24,28)/p+1. The summed E-state index contributed by atoms with van der Waals surface area (Å²) < 4.78 is 5.36. The lowest BCUT2D eigenvalue weighted by molar-refractivity contribution is -0.906. The minimum Gasteiger partial charge on any atom is -0.397 e. The molecular formula is C21H28ClN4O3S+. The average Bonchev–Trinajstić information content (AvgIpc) is 3.04. The summed E-state index contributed by atoms with van der Waals surface area (Å²) >= 11 is 7.13. The van der Waals surface area contributed by atoms with Gasteiger partial charge in [-0.05, 0) is 38.1 Å². The molecule has 1 aromatic heterocycles. The molecule has 2 heterocycles. The second kappa shape index (κ2) is 10.3. The molecular weight excluding hydrogens is 424 g/mol. The molecule has 0 saturated carbocycles. The van der Waals surface area contributed by atoms with Crippen LogP contribution in [0.3, 0.4) is 0 Å². The van der Waals surface area contributed by atoms with Gasteiger partial charge in [-0.1, -0.05) is 11.6 Å². The summed E-state index contributed by atoms with van der Waals surface area (Å²) in [4.78, 5) is 27.7. The fourth-order valence-corrected chi connectivity index (χ4v) is 4.64. The number of anilines is 2. The molecule has 1 aromatic carbocycles. The molecule has 1 saturated heterocycles. The first-order valence-corrected chi connectivity index (χ1v) is 11.2. The first kappa shape index (κ1) is 22.6. The number of carbonyl (C=O) groups is 2. The van der Waals surface area contributed by atoms with Crippen LogP contribution in [-0.4, -0.2) is 57.1 Å². The second-order valence-electron chi connectivity index (χ2n) is 7.55. The quantitative estimate of drug-likeness (QED) is 0.458. The molecule has 0 unspecified atom stereocenters. The van der Waals surface area contributed by atoms with Crippen LogP contribution in [0, 0.1) is 0 Å². The molecule has 9 heteroatoms. The molecule has 7 nitrogen and oxygen atoms in total. The number of nitrogens with one attached hydrogen (secondary N) is 3. The Bertz CT molecular complexity index is 892. The minimum atomic E-state index is -0.269. The molecule has 1 amide bonds. The van der Waals surface area contributed by atoms with Gasteiger partial charge in [-0.3, -0.25) is 9.59 Å². The van der Waals surface area contributed by atoms with Crippen molar-refractivity contribution >= 4 is 45.3 Å².